The molecule has 1 aliphatic rings. The molecule has 78 valence electrons. The molecule has 1 aromatic rings. The summed E-state index contributed by atoms with van der Waals surface area (Å²) in [5.41, 5.74) is 6.45. The first kappa shape index (κ1) is 10.0. The smallest absolute Gasteiger partial charge is 0.263 e. The van der Waals surface area contributed by atoms with Crippen LogP contribution in [0.25, 0.3) is 0 Å². The summed E-state index contributed by atoms with van der Waals surface area (Å²) in [4.78, 5) is 14.9. The summed E-state index contributed by atoms with van der Waals surface area (Å²) in [5.74, 6) is -0.152. The van der Waals surface area contributed by atoms with Gasteiger partial charge in [-0.25, -0.2) is 0 Å². The minimum Gasteiger partial charge on any atom is -0.383 e. The molecule has 0 unspecified atom stereocenters. The van der Waals surface area contributed by atoms with E-state index in [1.165, 1.54) is 11.8 Å². The summed E-state index contributed by atoms with van der Waals surface area (Å²) in [5, 5.41) is 3.34. The van der Waals surface area contributed by atoms with E-state index in [1.807, 2.05) is 30.3 Å². The molecule has 0 bridgehead atoms. The van der Waals surface area contributed by atoms with Crippen LogP contribution in [0.3, 0.4) is 0 Å². The Balaban J connectivity index is 1.88. The number of benzene rings is 1. The van der Waals surface area contributed by atoms with E-state index >= 15 is 0 Å². The van der Waals surface area contributed by atoms with Crippen LogP contribution < -0.4 is 11.1 Å². The zero-order valence-corrected chi connectivity index (χ0v) is 8.83. The van der Waals surface area contributed by atoms with Crippen LogP contribution in [0.15, 0.2) is 35.3 Å². The number of amidine groups is 1. The van der Waals surface area contributed by atoms with Crippen molar-refractivity contribution in [2.24, 2.45) is 10.7 Å². The van der Waals surface area contributed by atoms with Gasteiger partial charge in [-0.2, -0.15) is 4.99 Å². The second-order valence-electron chi connectivity index (χ2n) is 3.14. The predicted molar refractivity (Wildman–Crippen MR) is 62.9 cm³/mol. The number of nitrogens with one attached hydrogen (secondary N) is 1. The summed E-state index contributed by atoms with van der Waals surface area (Å²) in [6.07, 6.45) is 0. The second-order valence-corrected chi connectivity index (χ2v) is 4.36. The monoisotopic (exact) mass is 221 g/mol. The highest BCUT2D eigenvalue weighted by molar-refractivity contribution is 8.15. The number of hydrogen-bond donors (Lipinski definition) is 2. The van der Waals surface area contributed by atoms with Gasteiger partial charge in [-0.05, 0) is 12.1 Å². The SMILES string of the molecule is NC1=NC(=O)[C@@H](CNc2ccccc2)S1. The molecule has 0 saturated heterocycles. The highest BCUT2D eigenvalue weighted by Gasteiger charge is 2.26. The van der Waals surface area contributed by atoms with Crippen molar-refractivity contribution in [3.8, 4) is 0 Å². The van der Waals surface area contributed by atoms with Crippen LogP contribution in [0.4, 0.5) is 5.69 Å². The summed E-state index contributed by atoms with van der Waals surface area (Å²) in [7, 11) is 0. The molecule has 15 heavy (non-hydrogen) atoms. The molecule has 1 heterocycles. The standard InChI is InChI=1S/C10H11N3OS/c11-10-13-9(14)8(15-10)6-12-7-4-2-1-3-5-7/h1-5,8,12H,6H2,(H2,11,13,14)/t8-/m1/s1. The Morgan fingerprint density at radius 3 is 2.73 bits per heavy atom. The van der Waals surface area contributed by atoms with Gasteiger partial charge in [0.1, 0.15) is 5.25 Å². The van der Waals surface area contributed by atoms with Crippen molar-refractivity contribution in [1.82, 2.24) is 0 Å². The summed E-state index contributed by atoms with van der Waals surface area (Å²) >= 11 is 1.31. The molecule has 1 amide bonds. The third kappa shape index (κ3) is 2.50. The number of hydrogen-bond acceptors (Lipinski definition) is 4. The molecule has 2 rings (SSSR count). The van der Waals surface area contributed by atoms with Crippen molar-refractivity contribution >= 4 is 28.5 Å². The van der Waals surface area contributed by atoms with E-state index in [-0.39, 0.29) is 11.2 Å². The van der Waals surface area contributed by atoms with E-state index in [1.54, 1.807) is 0 Å². The van der Waals surface area contributed by atoms with Crippen molar-refractivity contribution in [1.29, 1.82) is 0 Å². The highest BCUT2D eigenvalue weighted by atomic mass is 32.2. The van der Waals surface area contributed by atoms with Gasteiger partial charge in [-0.1, -0.05) is 30.0 Å². The Hall–Kier alpha value is -1.49. The number of para-hydroxylation sites is 1. The molecule has 4 nitrogen and oxygen atoms in total. The van der Waals surface area contributed by atoms with Crippen molar-refractivity contribution < 1.29 is 4.79 Å². The first-order valence-corrected chi connectivity index (χ1v) is 5.47. The Morgan fingerprint density at radius 1 is 1.40 bits per heavy atom. The number of thioether (sulfide) groups is 1. The van der Waals surface area contributed by atoms with Crippen LogP contribution in [-0.2, 0) is 4.79 Å². The van der Waals surface area contributed by atoms with Gasteiger partial charge in [0.25, 0.3) is 5.91 Å². The van der Waals surface area contributed by atoms with Gasteiger partial charge in [0.15, 0.2) is 5.17 Å². The molecule has 0 radical (unpaired) electrons. The van der Waals surface area contributed by atoms with E-state index < -0.39 is 0 Å². The molecule has 0 spiro atoms. The maximum atomic E-state index is 11.3. The lowest BCUT2D eigenvalue weighted by molar-refractivity contribution is -0.116. The average Bonchev–Trinajstić information content (AvgIpc) is 2.56. The number of aliphatic imine (C=N–C) groups is 1. The average molecular weight is 221 g/mol. The number of amides is 1. The van der Waals surface area contributed by atoms with E-state index in [9.17, 15) is 4.79 Å². The lowest BCUT2D eigenvalue weighted by atomic mass is 10.3. The number of carbonyl (C=O) groups is 1. The lowest BCUT2D eigenvalue weighted by Crippen LogP contribution is -2.21. The zero-order valence-electron chi connectivity index (χ0n) is 8.01. The van der Waals surface area contributed by atoms with Crippen molar-refractivity contribution in [2.75, 3.05) is 11.9 Å². The largest absolute Gasteiger partial charge is 0.383 e. The molecule has 1 atom stereocenters. The van der Waals surface area contributed by atoms with Crippen LogP contribution in [0.1, 0.15) is 0 Å². The lowest BCUT2D eigenvalue weighted by Gasteiger charge is -2.09. The van der Waals surface area contributed by atoms with Crippen LogP contribution >= 0.6 is 11.8 Å². The first-order chi connectivity index (χ1) is 7.25. The number of nitrogens with zero attached hydrogens (tertiary/aromatic N) is 1. The quantitative estimate of drug-likeness (QED) is 0.800. The van der Waals surface area contributed by atoms with Crippen LogP contribution in [-0.4, -0.2) is 22.9 Å². The van der Waals surface area contributed by atoms with E-state index in [0.29, 0.717) is 11.7 Å². The van der Waals surface area contributed by atoms with Gasteiger partial charge in [-0.3, -0.25) is 4.79 Å². The highest BCUT2D eigenvalue weighted by Crippen LogP contribution is 2.20. The summed E-state index contributed by atoms with van der Waals surface area (Å²) in [6, 6.07) is 9.73. The Bertz CT molecular complexity index is 391. The van der Waals surface area contributed by atoms with Gasteiger partial charge >= 0.3 is 0 Å². The maximum Gasteiger partial charge on any atom is 0.263 e. The maximum absolute atomic E-state index is 11.3. The fraction of sp³-hybridized carbons (Fsp3) is 0.200. The third-order valence-corrected chi connectivity index (χ3v) is 3.01. The van der Waals surface area contributed by atoms with Crippen molar-refractivity contribution in [3.63, 3.8) is 0 Å². The summed E-state index contributed by atoms with van der Waals surface area (Å²) in [6.45, 7) is 0.553. The molecule has 1 aliphatic heterocycles. The fourth-order valence-electron chi connectivity index (χ4n) is 1.30. The van der Waals surface area contributed by atoms with Crippen LogP contribution in [0.2, 0.25) is 0 Å². The molecular formula is C10H11N3OS. The molecular weight excluding hydrogens is 210 g/mol. The molecule has 0 saturated carbocycles. The molecule has 0 aliphatic carbocycles. The number of rotatable bonds is 3. The molecule has 3 N–H and O–H groups in total. The predicted octanol–water partition coefficient (Wildman–Crippen LogP) is 1.06. The van der Waals surface area contributed by atoms with Crippen LogP contribution in [0.5, 0.6) is 0 Å². The topological polar surface area (TPSA) is 67.5 Å². The van der Waals surface area contributed by atoms with Gasteiger partial charge in [0, 0.05) is 12.2 Å². The van der Waals surface area contributed by atoms with E-state index in [0.717, 1.165) is 5.69 Å². The number of nitrogens with two attached hydrogens (primary N) is 1. The fourth-order valence-corrected chi connectivity index (χ4v) is 2.05. The Morgan fingerprint density at radius 2 is 2.13 bits per heavy atom. The van der Waals surface area contributed by atoms with Gasteiger partial charge < -0.3 is 11.1 Å². The zero-order chi connectivity index (χ0) is 10.7. The number of anilines is 1. The Labute approximate surface area is 92.0 Å². The Kier molecular flexibility index (Phi) is 2.91. The molecule has 0 fully saturated rings. The molecule has 5 heteroatoms. The van der Waals surface area contributed by atoms with Crippen molar-refractivity contribution in [3.05, 3.63) is 30.3 Å². The van der Waals surface area contributed by atoms with Gasteiger partial charge in [0.05, 0.1) is 0 Å². The van der Waals surface area contributed by atoms with Gasteiger partial charge in [0.2, 0.25) is 0 Å². The first-order valence-electron chi connectivity index (χ1n) is 4.59. The third-order valence-electron chi connectivity index (χ3n) is 2.02. The molecule has 0 aromatic heterocycles. The second kappa shape index (κ2) is 4.35. The summed E-state index contributed by atoms with van der Waals surface area (Å²) < 4.78 is 0. The molecule has 1 aromatic carbocycles. The number of carbonyl (C=O) groups excluding carboxylic acids is 1. The van der Waals surface area contributed by atoms with E-state index in [4.69, 9.17) is 5.73 Å². The van der Waals surface area contributed by atoms with Crippen LogP contribution in [0, 0.1) is 0 Å². The van der Waals surface area contributed by atoms with E-state index in [2.05, 4.69) is 10.3 Å². The van der Waals surface area contributed by atoms with Gasteiger partial charge in [-0.15, -0.1) is 0 Å². The minimum absolute atomic E-state index is 0.152. The normalized spacial score (nSPS) is 20.1. The van der Waals surface area contributed by atoms with Crippen molar-refractivity contribution in [2.45, 2.75) is 5.25 Å². The minimum atomic E-state index is -0.190.